The maximum atomic E-state index is 13.5. The van der Waals surface area contributed by atoms with Crippen LogP contribution in [0.1, 0.15) is 94.9 Å². The lowest BCUT2D eigenvalue weighted by molar-refractivity contribution is -0.141. The first-order chi connectivity index (χ1) is 17.4. The molecule has 9 nitrogen and oxygen atoms in total. The monoisotopic (exact) mass is 542 g/mol. The second-order valence-electron chi connectivity index (χ2n) is 12.3. The largest absolute Gasteiger partial charge is 0.481 e. The standard InChI is InChI=1S/C29H54N2O7/c1-13-19(6)21(22(37-12)16-23(32)33)15-14-20(7)26(34)24(17(2)3)30-27(35)25(18(4)5)31(11)28(36)38-29(8,9)10/h17-22,24-25H,13-16H2,1-12H3,(H,30,35)(H,32,33)/t19-,20?,21?,22+,24-,25-/m0/s1. The number of ether oxygens (including phenoxy) is 2. The Morgan fingerprint density at radius 3 is 1.89 bits per heavy atom. The number of rotatable bonds is 16. The first kappa shape index (κ1) is 35.8. The van der Waals surface area contributed by atoms with Crippen LogP contribution in [0, 0.1) is 29.6 Å². The first-order valence-corrected chi connectivity index (χ1v) is 13.9. The van der Waals surface area contributed by atoms with Gasteiger partial charge in [-0.1, -0.05) is 54.9 Å². The smallest absolute Gasteiger partial charge is 0.410 e. The number of Topliss-reactive ketones (excluding diaryl/α,β-unsaturated/α-hetero) is 1. The van der Waals surface area contributed by atoms with Crippen LogP contribution in [-0.2, 0) is 23.9 Å². The highest BCUT2D eigenvalue weighted by Gasteiger charge is 2.37. The number of carboxylic acids is 1. The van der Waals surface area contributed by atoms with E-state index in [1.165, 1.54) is 19.1 Å². The number of carbonyl (C=O) groups excluding carboxylic acids is 3. The zero-order valence-electron chi connectivity index (χ0n) is 25.8. The molecule has 0 saturated carbocycles. The van der Waals surface area contributed by atoms with Gasteiger partial charge >= 0.3 is 12.1 Å². The number of hydrogen-bond donors (Lipinski definition) is 2. The van der Waals surface area contributed by atoms with E-state index in [1.54, 1.807) is 20.8 Å². The van der Waals surface area contributed by atoms with Crippen molar-refractivity contribution in [3.8, 4) is 0 Å². The van der Waals surface area contributed by atoms with Crippen molar-refractivity contribution >= 4 is 23.8 Å². The SMILES string of the molecule is CC[C@H](C)C(CCC(C)C(=O)[C@@H](NC(=O)[C@H](C(C)C)N(C)C(=O)OC(C)(C)C)C(C)C)[C@@H](CC(=O)O)OC. The number of carboxylic acid groups (broad SMARTS) is 1. The number of ketones is 1. The molecule has 0 bridgehead atoms. The number of nitrogens with one attached hydrogen (secondary N) is 1. The highest BCUT2D eigenvalue weighted by molar-refractivity contribution is 5.93. The Labute approximate surface area is 230 Å². The maximum Gasteiger partial charge on any atom is 0.410 e. The molecule has 0 saturated heterocycles. The van der Waals surface area contributed by atoms with Crippen LogP contribution in [0.15, 0.2) is 0 Å². The van der Waals surface area contributed by atoms with Crippen LogP contribution in [0.2, 0.25) is 0 Å². The molecule has 0 aromatic carbocycles. The van der Waals surface area contributed by atoms with Gasteiger partial charge in [0.1, 0.15) is 11.6 Å². The Balaban J connectivity index is 5.63. The molecule has 0 aliphatic carbocycles. The molecular weight excluding hydrogens is 488 g/mol. The van der Waals surface area contributed by atoms with Crippen molar-refractivity contribution in [1.82, 2.24) is 10.2 Å². The summed E-state index contributed by atoms with van der Waals surface area (Å²) >= 11 is 0. The summed E-state index contributed by atoms with van der Waals surface area (Å²) in [4.78, 5) is 52.2. The van der Waals surface area contributed by atoms with Crippen molar-refractivity contribution in [2.75, 3.05) is 14.2 Å². The topological polar surface area (TPSA) is 122 Å². The summed E-state index contributed by atoms with van der Waals surface area (Å²) in [6.45, 7) is 18.7. The Morgan fingerprint density at radius 1 is 0.947 bits per heavy atom. The predicted octanol–water partition coefficient (Wildman–Crippen LogP) is 5.16. The molecule has 6 atom stereocenters. The summed E-state index contributed by atoms with van der Waals surface area (Å²) in [6, 6.07) is -1.52. The lowest BCUT2D eigenvalue weighted by atomic mass is 9.79. The molecule has 0 heterocycles. The maximum absolute atomic E-state index is 13.5. The number of likely N-dealkylation sites (N-methyl/N-ethyl adjacent to an activating group) is 1. The second kappa shape index (κ2) is 16.1. The van der Waals surface area contributed by atoms with Crippen LogP contribution in [0.5, 0.6) is 0 Å². The van der Waals surface area contributed by atoms with E-state index >= 15 is 0 Å². The number of aliphatic carboxylic acids is 1. The van der Waals surface area contributed by atoms with Gasteiger partial charge in [0.15, 0.2) is 5.78 Å². The quantitative estimate of drug-likeness (QED) is 0.276. The molecule has 2 N–H and O–H groups in total. The van der Waals surface area contributed by atoms with Crippen molar-refractivity contribution in [2.45, 2.75) is 119 Å². The van der Waals surface area contributed by atoms with Crippen molar-refractivity contribution in [3.63, 3.8) is 0 Å². The summed E-state index contributed by atoms with van der Waals surface area (Å²) < 4.78 is 11.0. The molecule has 9 heteroatoms. The molecule has 222 valence electrons. The molecule has 0 aromatic heterocycles. The van der Waals surface area contributed by atoms with Gasteiger partial charge in [-0.3, -0.25) is 19.3 Å². The summed E-state index contributed by atoms with van der Waals surface area (Å²) in [5.74, 6) is -1.86. The molecular formula is C29H54N2O7. The first-order valence-electron chi connectivity index (χ1n) is 13.9. The van der Waals surface area contributed by atoms with Gasteiger partial charge in [-0.05, 0) is 57.3 Å². The third-order valence-corrected chi connectivity index (χ3v) is 7.22. The van der Waals surface area contributed by atoms with Crippen LogP contribution in [0.3, 0.4) is 0 Å². The van der Waals surface area contributed by atoms with Crippen molar-refractivity contribution < 1.29 is 33.8 Å². The van der Waals surface area contributed by atoms with Gasteiger partial charge in [0, 0.05) is 20.1 Å². The van der Waals surface area contributed by atoms with Gasteiger partial charge in [-0.25, -0.2) is 4.79 Å². The lowest BCUT2D eigenvalue weighted by Crippen LogP contribution is -2.56. The fourth-order valence-electron chi connectivity index (χ4n) is 4.79. The minimum Gasteiger partial charge on any atom is -0.481 e. The zero-order valence-corrected chi connectivity index (χ0v) is 25.8. The molecule has 38 heavy (non-hydrogen) atoms. The number of amides is 2. The molecule has 0 aliphatic rings. The van der Waals surface area contributed by atoms with E-state index in [0.717, 1.165) is 6.42 Å². The molecule has 0 aliphatic heterocycles. The fourth-order valence-corrected chi connectivity index (χ4v) is 4.79. The third-order valence-electron chi connectivity index (χ3n) is 7.22. The van der Waals surface area contributed by atoms with E-state index in [0.29, 0.717) is 12.8 Å². The zero-order chi connectivity index (χ0) is 30.0. The summed E-state index contributed by atoms with van der Waals surface area (Å²) in [5.41, 5.74) is -0.700. The molecule has 2 amide bonds. The average Bonchev–Trinajstić information content (AvgIpc) is 2.78. The van der Waals surface area contributed by atoms with E-state index in [1.807, 2.05) is 34.6 Å². The Morgan fingerprint density at radius 2 is 1.50 bits per heavy atom. The van der Waals surface area contributed by atoms with Crippen LogP contribution in [0.4, 0.5) is 4.79 Å². The van der Waals surface area contributed by atoms with Gasteiger partial charge in [-0.15, -0.1) is 0 Å². The van der Waals surface area contributed by atoms with Gasteiger partial charge in [0.05, 0.1) is 18.6 Å². The summed E-state index contributed by atoms with van der Waals surface area (Å²) in [7, 11) is 3.06. The highest BCUT2D eigenvalue weighted by Crippen LogP contribution is 2.30. The van der Waals surface area contributed by atoms with E-state index in [4.69, 9.17) is 9.47 Å². The Bertz CT molecular complexity index is 775. The van der Waals surface area contributed by atoms with Gasteiger partial charge in [0.25, 0.3) is 0 Å². The minimum absolute atomic E-state index is 0.00348. The summed E-state index contributed by atoms with van der Waals surface area (Å²) in [5, 5.41) is 12.2. The molecule has 0 radical (unpaired) electrons. The number of carbonyl (C=O) groups is 4. The lowest BCUT2D eigenvalue weighted by Gasteiger charge is -2.34. The van der Waals surface area contributed by atoms with Gasteiger partial charge in [-0.2, -0.15) is 0 Å². The summed E-state index contributed by atoms with van der Waals surface area (Å²) in [6.07, 6.45) is 0.956. The molecule has 0 rings (SSSR count). The number of methoxy groups -OCH3 is 1. The van der Waals surface area contributed by atoms with Gasteiger partial charge < -0.3 is 19.9 Å². The van der Waals surface area contributed by atoms with Gasteiger partial charge in [0.2, 0.25) is 5.91 Å². The van der Waals surface area contributed by atoms with Crippen LogP contribution < -0.4 is 5.32 Å². The third kappa shape index (κ3) is 11.7. The van der Waals surface area contributed by atoms with E-state index in [-0.39, 0.29) is 41.8 Å². The molecule has 0 fully saturated rings. The van der Waals surface area contributed by atoms with Crippen LogP contribution >= 0.6 is 0 Å². The van der Waals surface area contributed by atoms with Crippen molar-refractivity contribution in [3.05, 3.63) is 0 Å². The van der Waals surface area contributed by atoms with Crippen LogP contribution in [-0.4, -0.2) is 71.7 Å². The van der Waals surface area contributed by atoms with Crippen LogP contribution in [0.25, 0.3) is 0 Å². The number of hydrogen-bond acceptors (Lipinski definition) is 6. The van der Waals surface area contributed by atoms with E-state index < -0.39 is 41.8 Å². The average molecular weight is 543 g/mol. The minimum atomic E-state index is -0.909. The highest BCUT2D eigenvalue weighted by atomic mass is 16.6. The van der Waals surface area contributed by atoms with Crippen molar-refractivity contribution in [1.29, 1.82) is 0 Å². The predicted molar refractivity (Wildman–Crippen MR) is 149 cm³/mol. The second-order valence-corrected chi connectivity index (χ2v) is 12.3. The molecule has 0 spiro atoms. The van der Waals surface area contributed by atoms with E-state index in [9.17, 15) is 24.3 Å². The van der Waals surface area contributed by atoms with E-state index in [2.05, 4.69) is 19.2 Å². The number of nitrogens with zero attached hydrogens (tertiary/aromatic N) is 1. The molecule has 2 unspecified atom stereocenters. The fraction of sp³-hybridized carbons (Fsp3) is 0.862. The van der Waals surface area contributed by atoms with Crippen molar-refractivity contribution in [2.24, 2.45) is 29.6 Å². The normalized spacial score (nSPS) is 16.8. The molecule has 0 aromatic rings. The Hall–Kier alpha value is -2.16. The Kier molecular flexibility index (Phi) is 15.1.